The van der Waals surface area contributed by atoms with E-state index in [1.165, 1.54) is 0 Å². The summed E-state index contributed by atoms with van der Waals surface area (Å²) < 4.78 is 121. The number of carbonyl (C=O) groups is 2. The van der Waals surface area contributed by atoms with Crippen molar-refractivity contribution in [3.8, 4) is 0 Å². The molecule has 0 aliphatic carbocycles. The molecule has 0 bridgehead atoms. The minimum absolute atomic E-state index is 0. The fraction of sp³-hybridized carbons (Fsp3) is 0.943. The first-order valence-electron chi connectivity index (χ1n) is 24.1. The van der Waals surface area contributed by atoms with E-state index in [1.807, 2.05) is 65.5 Å². The van der Waals surface area contributed by atoms with E-state index < -0.39 is 156 Å². The fourth-order valence-corrected chi connectivity index (χ4v) is 24.5. The summed E-state index contributed by atoms with van der Waals surface area (Å²) in [6.07, 6.45) is 1.95. The zero-order valence-corrected chi connectivity index (χ0v) is 69.4. The van der Waals surface area contributed by atoms with Gasteiger partial charge in [-0.2, -0.15) is 10.1 Å². The molecule has 2 saturated heterocycles. The summed E-state index contributed by atoms with van der Waals surface area (Å²) in [5, 5.41) is 23.2. The monoisotopic (exact) mass is 1570 g/mol. The Bertz CT molecular complexity index is 2460. The van der Waals surface area contributed by atoms with Gasteiger partial charge < -0.3 is 117 Å². The number of hydrogen-bond acceptors (Lipinski definition) is 24. The van der Waals surface area contributed by atoms with Crippen LogP contribution in [0.3, 0.4) is 0 Å². The van der Waals surface area contributed by atoms with E-state index >= 15 is 0 Å². The molecular weight excluding hydrogens is 1490 g/mol. The zero-order valence-electron chi connectivity index (χ0n) is 51.1. The molecule has 0 aromatic rings. The Morgan fingerprint density at radius 3 is 0.775 bits per heavy atom. The SMILES string of the molecule is CC(C)(O)CON1C(C)(C)CC(=O)CC1(C)C.CC(C)(O)CON1C(C)(C)CC(=O)CC1(C)C.O=P([O-])([O-])C(N(CCN(CCN(C(P(=O)(O)O)P(=O)(O)O)C(P(=O)(O)O)P(=O)(O)O)C(P(=O)(O)O)P(=O)(O)O)C(P(=O)([O-])O)P(=O)(O)O)P(=O)(O)O.[K+].[K+].[K+]. The van der Waals surface area contributed by atoms with Gasteiger partial charge in [-0.3, -0.25) is 70.5 Å². The Morgan fingerprint density at radius 2 is 0.607 bits per heavy atom. The Morgan fingerprint density at radius 1 is 0.404 bits per heavy atom. The predicted octanol–water partition coefficient (Wildman–Crippen LogP) is -12.0. The van der Waals surface area contributed by atoms with E-state index in [0.29, 0.717) is 25.7 Å². The second-order valence-electron chi connectivity index (χ2n) is 23.9. The van der Waals surface area contributed by atoms with Crippen molar-refractivity contribution in [2.24, 2.45) is 0 Å². The van der Waals surface area contributed by atoms with E-state index in [1.54, 1.807) is 27.7 Å². The molecule has 514 valence electrons. The molecule has 41 nitrogen and oxygen atoms in total. The average Bonchev–Trinajstić information content (AvgIpc) is 3.10. The number of nitrogens with zero attached hydrogens (tertiary/aromatic N) is 5. The van der Waals surface area contributed by atoms with Gasteiger partial charge in [-0.05, 0) is 90.7 Å². The van der Waals surface area contributed by atoms with Crippen molar-refractivity contribution in [2.45, 2.75) is 170 Å². The maximum Gasteiger partial charge on any atom is 1.00 e. The molecule has 0 saturated carbocycles. The van der Waals surface area contributed by atoms with Crippen LogP contribution in [0.2, 0.25) is 0 Å². The van der Waals surface area contributed by atoms with Crippen LogP contribution in [0.25, 0.3) is 0 Å². The first kappa shape index (κ1) is 101. The summed E-state index contributed by atoms with van der Waals surface area (Å²) >= 11 is 0. The van der Waals surface area contributed by atoms with Crippen molar-refractivity contribution in [2.75, 3.05) is 39.4 Å². The maximum atomic E-state index is 12.2. The van der Waals surface area contributed by atoms with Crippen LogP contribution in [0.5, 0.6) is 0 Å². The van der Waals surface area contributed by atoms with Crippen molar-refractivity contribution >= 4 is 87.5 Å². The Balaban J connectivity index is -0.000000787. The third-order valence-corrected chi connectivity index (χ3v) is 29.5. The molecule has 2 aliphatic rings. The van der Waals surface area contributed by atoms with Crippen LogP contribution in [0.4, 0.5) is 0 Å². The van der Waals surface area contributed by atoms with Gasteiger partial charge in [0.2, 0.25) is 16.6 Å². The number of piperidine rings is 2. The number of aliphatic hydroxyl groups is 2. The molecule has 3 unspecified atom stereocenters. The second-order valence-corrected chi connectivity index (χ2v) is 42.4. The van der Waals surface area contributed by atoms with Crippen molar-refractivity contribution in [1.29, 1.82) is 0 Å². The first-order valence-corrected chi connectivity index (χ1v) is 40.9. The molecule has 89 heavy (non-hydrogen) atoms. The molecule has 54 heteroatoms. The Labute approximate surface area is 639 Å². The summed E-state index contributed by atoms with van der Waals surface area (Å²) in [6, 6.07) is 0. The molecular formula is C35H80K3N5O36P10. The van der Waals surface area contributed by atoms with E-state index in [4.69, 9.17) is 9.68 Å². The van der Waals surface area contributed by atoms with Crippen LogP contribution in [0.15, 0.2) is 0 Å². The third kappa shape index (κ3) is 34.0. The normalized spacial score (nSPS) is 20.0. The van der Waals surface area contributed by atoms with Crippen LogP contribution >= 0.6 is 76.0 Å². The number of carbonyl (C=O) groups excluding carboxylic acids is 2. The number of hydrogen-bond donors (Lipinski definition) is 19. The van der Waals surface area contributed by atoms with Crippen molar-refractivity contribution in [3.63, 3.8) is 0 Å². The molecule has 2 heterocycles. The second kappa shape index (κ2) is 35.7. The summed E-state index contributed by atoms with van der Waals surface area (Å²) in [6.45, 7) is 14.4. The van der Waals surface area contributed by atoms with E-state index in [-0.39, 0.29) is 201 Å². The molecule has 19 N–H and O–H groups in total. The number of rotatable bonds is 27. The van der Waals surface area contributed by atoms with Gasteiger partial charge in [0, 0.05) is 74.0 Å². The number of hydroxylamine groups is 4. The minimum atomic E-state index is -7.16. The molecule has 2 fully saturated rings. The van der Waals surface area contributed by atoms with Gasteiger partial charge in [0.15, 0.2) is 13.1 Å². The maximum absolute atomic E-state index is 12.2. The molecule has 2 aliphatic heterocycles. The molecule has 2 rings (SSSR count). The largest absolute Gasteiger partial charge is 1.00 e. The van der Waals surface area contributed by atoms with Gasteiger partial charge in [0.25, 0.3) is 0 Å². The molecule has 0 amide bonds. The van der Waals surface area contributed by atoms with Crippen LogP contribution in [0, 0.1) is 0 Å². The number of ketones is 2. The van der Waals surface area contributed by atoms with E-state index in [0.717, 1.165) is 0 Å². The molecule has 0 radical (unpaired) electrons. The average molecular weight is 1570 g/mol. The molecule has 0 aromatic heterocycles. The molecule has 0 spiro atoms. The number of Topliss-reactive ketones (excluding diaryl/α,β-unsaturated/α-hetero) is 2. The topological polar surface area (TPSA) is 693 Å². The van der Waals surface area contributed by atoms with Gasteiger partial charge in [0.1, 0.15) is 17.1 Å². The van der Waals surface area contributed by atoms with E-state index in [9.17, 15) is 163 Å². The predicted molar refractivity (Wildman–Crippen MR) is 291 cm³/mol. The van der Waals surface area contributed by atoms with Crippen molar-refractivity contribution in [3.05, 3.63) is 0 Å². The van der Waals surface area contributed by atoms with Crippen molar-refractivity contribution < 1.29 is 327 Å². The van der Waals surface area contributed by atoms with Gasteiger partial charge in [-0.1, -0.05) is 0 Å². The smallest absolute Gasteiger partial charge is 0.809 e. The van der Waals surface area contributed by atoms with Gasteiger partial charge in [0.05, 0.1) is 24.4 Å². The van der Waals surface area contributed by atoms with Crippen LogP contribution < -0.4 is 169 Å². The third-order valence-electron chi connectivity index (χ3n) is 11.6. The van der Waals surface area contributed by atoms with Gasteiger partial charge in [-0.25, -0.2) is 0 Å². The summed E-state index contributed by atoms with van der Waals surface area (Å²) in [4.78, 5) is 231. The van der Waals surface area contributed by atoms with Crippen molar-refractivity contribution in [1.82, 2.24) is 24.8 Å². The zero-order chi connectivity index (χ0) is 69.4. The Kier molecular flexibility index (Phi) is 40.4. The summed E-state index contributed by atoms with van der Waals surface area (Å²) in [5.74, 6) is 0.534. The summed E-state index contributed by atoms with van der Waals surface area (Å²) in [5.41, 5.74) is -23.5. The minimum Gasteiger partial charge on any atom is -0.809 e. The van der Waals surface area contributed by atoms with Crippen LogP contribution in [-0.4, -0.2) is 230 Å². The van der Waals surface area contributed by atoms with Gasteiger partial charge in [-0.15, -0.1) is 0 Å². The first-order chi connectivity index (χ1) is 37.1. The van der Waals surface area contributed by atoms with Crippen LogP contribution in [-0.2, 0) is 64.9 Å². The van der Waals surface area contributed by atoms with Gasteiger partial charge >= 0.3 is 215 Å². The Hall–Kier alpha value is 5.39. The van der Waals surface area contributed by atoms with E-state index in [2.05, 4.69) is 0 Å². The standard InChI is InChI=1S/2C13H25NO3.C9H33N3O30P10.3K/c2*1-11(2)7-10(15)8-12(3,4)14(11)17-9-13(5,6)16;13-43(14,15)5(44(16,17)18)10(1-3-11(6(45(19,20)21)46(22,23)24)7(47(25,26)27)48(28,29)30)2-4-12(8(49(31,32)33)50(34,35)36)9(51(37,38)39)52(40,41)42;;;/h2*16H,7-9H2,1-6H3;5-9H,1-4H2,(H2,13,14,15)(H2,16,17,18)(H2,19,20,21)(H2,22,23,24)(H2,25,26,27)(H2,28,29,30)(H2,31,32,33)(H2,34,35,36)(H2,37,38,39)(H2,40,41,42);;;/q;;;3*+1/p-3. The molecule has 0 aromatic carbocycles. The summed E-state index contributed by atoms with van der Waals surface area (Å²) in [7, 11) is -67.4. The van der Waals surface area contributed by atoms with Crippen LogP contribution in [0.1, 0.15) is 109 Å². The quantitative estimate of drug-likeness (QED) is 0.0268. The molecule has 3 atom stereocenters. The fourth-order valence-electron chi connectivity index (χ4n) is 9.57.